The van der Waals surface area contributed by atoms with E-state index in [4.69, 9.17) is 9.47 Å². The molecule has 1 aromatic carbocycles. The molecule has 1 aliphatic carbocycles. The minimum absolute atomic E-state index is 0.178. The first-order valence-corrected chi connectivity index (χ1v) is 7.25. The van der Waals surface area contributed by atoms with E-state index in [0.717, 1.165) is 16.4 Å². The molecule has 1 aromatic rings. The van der Waals surface area contributed by atoms with Gasteiger partial charge in [0.25, 0.3) is 0 Å². The van der Waals surface area contributed by atoms with E-state index in [9.17, 15) is 0 Å². The first-order valence-electron chi connectivity index (χ1n) is 6.02. The molecule has 94 valence electrons. The van der Waals surface area contributed by atoms with Crippen LogP contribution in [0, 0.1) is 0 Å². The van der Waals surface area contributed by atoms with E-state index >= 15 is 0 Å². The first kappa shape index (κ1) is 12.6. The van der Waals surface area contributed by atoms with E-state index in [1.807, 2.05) is 18.2 Å². The molecule has 0 radical (unpaired) electrons. The van der Waals surface area contributed by atoms with Crippen molar-refractivity contribution in [3.05, 3.63) is 18.2 Å². The van der Waals surface area contributed by atoms with Crippen molar-refractivity contribution in [2.75, 3.05) is 6.26 Å². The molecule has 1 saturated carbocycles. The zero-order valence-electron chi connectivity index (χ0n) is 10.9. The molecule has 2 rings (SSSR count). The van der Waals surface area contributed by atoms with Gasteiger partial charge in [-0.1, -0.05) is 6.07 Å². The van der Waals surface area contributed by atoms with Crippen molar-refractivity contribution >= 4 is 11.8 Å². The van der Waals surface area contributed by atoms with Gasteiger partial charge in [0.2, 0.25) is 0 Å². The molecule has 0 heterocycles. The molecular weight excluding hydrogens is 232 g/mol. The minimum atomic E-state index is -0.178. The van der Waals surface area contributed by atoms with Crippen molar-refractivity contribution in [3.8, 4) is 11.5 Å². The van der Waals surface area contributed by atoms with Gasteiger partial charge in [0, 0.05) is 0 Å². The molecule has 0 saturated heterocycles. The van der Waals surface area contributed by atoms with Crippen LogP contribution in [-0.4, -0.2) is 18.0 Å². The van der Waals surface area contributed by atoms with Crippen molar-refractivity contribution in [1.82, 2.24) is 0 Å². The second kappa shape index (κ2) is 4.81. The fourth-order valence-electron chi connectivity index (χ4n) is 1.57. The molecule has 17 heavy (non-hydrogen) atoms. The SMILES string of the molecule is CSc1c(OC2CC2)cccc1OC(C)(C)C. The second-order valence-electron chi connectivity index (χ2n) is 5.32. The Morgan fingerprint density at radius 1 is 1.18 bits per heavy atom. The van der Waals surface area contributed by atoms with Crippen LogP contribution in [0.2, 0.25) is 0 Å². The average molecular weight is 252 g/mol. The molecule has 1 aliphatic rings. The number of hydrogen-bond acceptors (Lipinski definition) is 3. The summed E-state index contributed by atoms with van der Waals surface area (Å²) in [5.41, 5.74) is -0.178. The number of thioether (sulfide) groups is 1. The molecule has 0 aromatic heterocycles. The van der Waals surface area contributed by atoms with Gasteiger partial charge in [-0.05, 0) is 52.0 Å². The Kier molecular flexibility index (Phi) is 3.57. The maximum atomic E-state index is 5.97. The predicted octanol–water partition coefficient (Wildman–Crippen LogP) is 4.13. The number of ether oxygens (including phenoxy) is 2. The highest BCUT2D eigenvalue weighted by Crippen LogP contribution is 2.40. The molecule has 0 aliphatic heterocycles. The Morgan fingerprint density at radius 3 is 2.35 bits per heavy atom. The minimum Gasteiger partial charge on any atom is -0.489 e. The highest BCUT2D eigenvalue weighted by Gasteiger charge is 2.25. The number of rotatable bonds is 4. The summed E-state index contributed by atoms with van der Waals surface area (Å²) < 4.78 is 11.9. The van der Waals surface area contributed by atoms with Crippen LogP contribution in [0.1, 0.15) is 33.6 Å². The Balaban J connectivity index is 2.24. The summed E-state index contributed by atoms with van der Waals surface area (Å²) in [7, 11) is 0. The monoisotopic (exact) mass is 252 g/mol. The molecule has 0 unspecified atom stereocenters. The topological polar surface area (TPSA) is 18.5 Å². The fourth-order valence-corrected chi connectivity index (χ4v) is 2.19. The summed E-state index contributed by atoms with van der Waals surface area (Å²) in [5.74, 6) is 1.88. The van der Waals surface area contributed by atoms with Gasteiger partial charge in [-0.3, -0.25) is 0 Å². The second-order valence-corrected chi connectivity index (χ2v) is 6.14. The van der Waals surface area contributed by atoms with Gasteiger partial charge in [0.1, 0.15) is 17.1 Å². The van der Waals surface area contributed by atoms with Crippen LogP contribution < -0.4 is 9.47 Å². The quantitative estimate of drug-likeness (QED) is 0.751. The van der Waals surface area contributed by atoms with E-state index in [2.05, 4.69) is 27.0 Å². The largest absolute Gasteiger partial charge is 0.489 e. The molecule has 1 fully saturated rings. The summed E-state index contributed by atoms with van der Waals surface area (Å²) in [6, 6.07) is 6.04. The van der Waals surface area contributed by atoms with Crippen LogP contribution in [0.4, 0.5) is 0 Å². The van der Waals surface area contributed by atoms with Crippen molar-refractivity contribution in [2.45, 2.75) is 50.2 Å². The Bertz CT molecular complexity index is 392. The molecule has 0 bridgehead atoms. The van der Waals surface area contributed by atoms with Gasteiger partial charge < -0.3 is 9.47 Å². The zero-order chi connectivity index (χ0) is 12.5. The van der Waals surface area contributed by atoms with Gasteiger partial charge in [0.05, 0.1) is 11.0 Å². The van der Waals surface area contributed by atoms with Crippen LogP contribution in [-0.2, 0) is 0 Å². The maximum absolute atomic E-state index is 5.97. The average Bonchev–Trinajstić information content (AvgIpc) is 2.99. The van der Waals surface area contributed by atoms with Gasteiger partial charge in [-0.15, -0.1) is 11.8 Å². The van der Waals surface area contributed by atoms with E-state index in [1.54, 1.807) is 11.8 Å². The Morgan fingerprint density at radius 2 is 1.82 bits per heavy atom. The first-order chi connectivity index (χ1) is 7.99. The van der Waals surface area contributed by atoms with Crippen LogP contribution in [0.3, 0.4) is 0 Å². The standard InChI is InChI=1S/C14H20O2S/c1-14(2,3)16-12-7-5-6-11(13(12)17-4)15-10-8-9-10/h5-7,10H,8-9H2,1-4H3. The third kappa shape index (κ3) is 3.56. The van der Waals surface area contributed by atoms with Crippen molar-refractivity contribution in [3.63, 3.8) is 0 Å². The molecule has 0 N–H and O–H groups in total. The molecule has 0 atom stereocenters. The van der Waals surface area contributed by atoms with Crippen LogP contribution in [0.15, 0.2) is 23.1 Å². The van der Waals surface area contributed by atoms with Gasteiger partial charge in [-0.25, -0.2) is 0 Å². The van der Waals surface area contributed by atoms with E-state index in [0.29, 0.717) is 6.10 Å². The highest BCUT2D eigenvalue weighted by molar-refractivity contribution is 7.98. The molecule has 3 heteroatoms. The van der Waals surface area contributed by atoms with Gasteiger partial charge >= 0.3 is 0 Å². The van der Waals surface area contributed by atoms with E-state index in [-0.39, 0.29) is 5.60 Å². The lowest BCUT2D eigenvalue weighted by atomic mass is 10.2. The lowest BCUT2D eigenvalue weighted by Crippen LogP contribution is -2.23. The fraction of sp³-hybridized carbons (Fsp3) is 0.571. The summed E-state index contributed by atoms with van der Waals surface area (Å²) in [6.45, 7) is 6.18. The third-order valence-electron chi connectivity index (χ3n) is 2.38. The lowest BCUT2D eigenvalue weighted by molar-refractivity contribution is 0.125. The van der Waals surface area contributed by atoms with Crippen molar-refractivity contribution in [1.29, 1.82) is 0 Å². The Labute approximate surface area is 108 Å². The molecule has 0 amide bonds. The van der Waals surface area contributed by atoms with Crippen LogP contribution >= 0.6 is 11.8 Å². The van der Waals surface area contributed by atoms with Crippen molar-refractivity contribution < 1.29 is 9.47 Å². The number of benzene rings is 1. The molecule has 0 spiro atoms. The smallest absolute Gasteiger partial charge is 0.137 e. The summed E-state index contributed by atoms with van der Waals surface area (Å²) in [4.78, 5) is 1.11. The Hall–Kier alpha value is -0.830. The highest BCUT2D eigenvalue weighted by atomic mass is 32.2. The molecule has 2 nitrogen and oxygen atoms in total. The lowest BCUT2D eigenvalue weighted by Gasteiger charge is -2.23. The third-order valence-corrected chi connectivity index (χ3v) is 3.19. The van der Waals surface area contributed by atoms with Crippen LogP contribution in [0.5, 0.6) is 11.5 Å². The summed E-state index contributed by atoms with van der Waals surface area (Å²) in [6.07, 6.45) is 4.84. The van der Waals surface area contributed by atoms with Crippen molar-refractivity contribution in [2.24, 2.45) is 0 Å². The van der Waals surface area contributed by atoms with Gasteiger partial charge in [-0.2, -0.15) is 0 Å². The summed E-state index contributed by atoms with van der Waals surface area (Å²) in [5, 5.41) is 0. The van der Waals surface area contributed by atoms with E-state index in [1.165, 1.54) is 12.8 Å². The summed E-state index contributed by atoms with van der Waals surface area (Å²) >= 11 is 1.68. The van der Waals surface area contributed by atoms with Crippen LogP contribution in [0.25, 0.3) is 0 Å². The molecular formula is C14H20O2S. The normalized spacial score (nSPS) is 15.8. The number of hydrogen-bond donors (Lipinski definition) is 0. The van der Waals surface area contributed by atoms with E-state index < -0.39 is 0 Å². The maximum Gasteiger partial charge on any atom is 0.137 e. The zero-order valence-corrected chi connectivity index (χ0v) is 11.8. The predicted molar refractivity (Wildman–Crippen MR) is 72.3 cm³/mol. The van der Waals surface area contributed by atoms with Gasteiger partial charge in [0.15, 0.2) is 0 Å².